The topological polar surface area (TPSA) is 87.7 Å². The zero-order valence-electron chi connectivity index (χ0n) is 13.5. The SMILES string of the molecule is C=CCNS(=O)(=O)c1ccc(C(=O)NCCN2CCOCC2)cc1. The lowest BCUT2D eigenvalue weighted by molar-refractivity contribution is 0.0383. The number of nitrogens with one attached hydrogen (secondary N) is 2. The highest BCUT2D eigenvalue weighted by molar-refractivity contribution is 7.89. The maximum atomic E-state index is 12.1. The Balaban J connectivity index is 1.85. The lowest BCUT2D eigenvalue weighted by Gasteiger charge is -2.26. The average molecular weight is 353 g/mol. The van der Waals surface area contributed by atoms with Crippen LogP contribution in [0.1, 0.15) is 10.4 Å². The molecule has 0 bridgehead atoms. The van der Waals surface area contributed by atoms with Gasteiger partial charge < -0.3 is 10.1 Å². The number of nitrogens with zero attached hydrogens (tertiary/aromatic N) is 1. The summed E-state index contributed by atoms with van der Waals surface area (Å²) >= 11 is 0. The molecular formula is C16H23N3O4S. The van der Waals surface area contributed by atoms with Crippen LogP contribution in [0.25, 0.3) is 0 Å². The number of carbonyl (C=O) groups excluding carboxylic acids is 1. The van der Waals surface area contributed by atoms with E-state index < -0.39 is 10.0 Å². The Labute approximate surface area is 142 Å². The maximum absolute atomic E-state index is 12.1. The van der Waals surface area contributed by atoms with Crippen LogP contribution in [0, 0.1) is 0 Å². The molecule has 0 spiro atoms. The van der Waals surface area contributed by atoms with Crippen molar-refractivity contribution in [3.63, 3.8) is 0 Å². The van der Waals surface area contributed by atoms with Gasteiger partial charge in [-0.05, 0) is 24.3 Å². The minimum absolute atomic E-state index is 0.120. The van der Waals surface area contributed by atoms with Gasteiger partial charge in [0.15, 0.2) is 0 Å². The van der Waals surface area contributed by atoms with Gasteiger partial charge in [0, 0.05) is 38.3 Å². The highest BCUT2D eigenvalue weighted by Gasteiger charge is 2.14. The van der Waals surface area contributed by atoms with Gasteiger partial charge in [-0.3, -0.25) is 9.69 Å². The molecule has 1 saturated heterocycles. The third-order valence-electron chi connectivity index (χ3n) is 3.66. The summed E-state index contributed by atoms with van der Waals surface area (Å²) in [5.41, 5.74) is 0.430. The Morgan fingerprint density at radius 2 is 1.92 bits per heavy atom. The van der Waals surface area contributed by atoms with Crippen molar-refractivity contribution < 1.29 is 17.9 Å². The van der Waals surface area contributed by atoms with Crippen molar-refractivity contribution in [2.75, 3.05) is 45.9 Å². The van der Waals surface area contributed by atoms with Crippen molar-refractivity contribution in [1.82, 2.24) is 14.9 Å². The van der Waals surface area contributed by atoms with E-state index in [4.69, 9.17) is 4.74 Å². The van der Waals surface area contributed by atoms with Crippen molar-refractivity contribution in [2.24, 2.45) is 0 Å². The van der Waals surface area contributed by atoms with E-state index in [1.54, 1.807) is 0 Å². The van der Waals surface area contributed by atoms with Crippen LogP contribution in [0.4, 0.5) is 0 Å². The first-order valence-electron chi connectivity index (χ1n) is 7.82. The summed E-state index contributed by atoms with van der Waals surface area (Å²) in [6, 6.07) is 5.85. The number of rotatable bonds is 8. The normalized spacial score (nSPS) is 15.8. The number of hydrogen-bond donors (Lipinski definition) is 2. The van der Waals surface area contributed by atoms with E-state index in [0.29, 0.717) is 12.1 Å². The average Bonchev–Trinajstić information content (AvgIpc) is 2.61. The second-order valence-electron chi connectivity index (χ2n) is 5.37. The molecule has 0 aromatic heterocycles. The summed E-state index contributed by atoms with van der Waals surface area (Å²) in [7, 11) is -3.57. The minimum atomic E-state index is -3.57. The summed E-state index contributed by atoms with van der Waals surface area (Å²) < 4.78 is 31.5. The standard InChI is InChI=1S/C16H23N3O4S/c1-2-7-18-24(21,22)15-5-3-14(4-6-15)16(20)17-8-9-19-10-12-23-13-11-19/h2-6,18H,1,7-13H2,(H,17,20). The van der Waals surface area contributed by atoms with Crippen molar-refractivity contribution >= 4 is 15.9 Å². The summed E-state index contributed by atoms with van der Waals surface area (Å²) in [4.78, 5) is 14.4. The Hall–Kier alpha value is -1.74. The predicted molar refractivity (Wildman–Crippen MR) is 91.4 cm³/mol. The Morgan fingerprint density at radius 1 is 1.25 bits per heavy atom. The molecule has 2 rings (SSSR count). The van der Waals surface area contributed by atoms with Crippen LogP contribution in [0.15, 0.2) is 41.8 Å². The number of sulfonamides is 1. The molecular weight excluding hydrogens is 330 g/mol. The number of amides is 1. The number of carbonyl (C=O) groups is 1. The Morgan fingerprint density at radius 3 is 2.54 bits per heavy atom. The van der Waals surface area contributed by atoms with E-state index in [-0.39, 0.29) is 17.3 Å². The van der Waals surface area contributed by atoms with Crippen LogP contribution < -0.4 is 10.0 Å². The number of morpholine rings is 1. The molecule has 24 heavy (non-hydrogen) atoms. The molecule has 0 unspecified atom stereocenters. The van der Waals surface area contributed by atoms with Gasteiger partial charge in [0.25, 0.3) is 5.91 Å². The Kier molecular flexibility index (Phi) is 6.92. The molecule has 132 valence electrons. The molecule has 0 aliphatic carbocycles. The fourth-order valence-corrected chi connectivity index (χ4v) is 3.29. The second kappa shape index (κ2) is 8.93. The lowest BCUT2D eigenvalue weighted by Crippen LogP contribution is -2.41. The third kappa shape index (κ3) is 5.41. The fourth-order valence-electron chi connectivity index (χ4n) is 2.29. The fraction of sp³-hybridized carbons (Fsp3) is 0.438. The van der Waals surface area contributed by atoms with Crippen LogP contribution >= 0.6 is 0 Å². The molecule has 1 aromatic carbocycles. The molecule has 0 radical (unpaired) electrons. The molecule has 0 saturated carbocycles. The van der Waals surface area contributed by atoms with Crippen LogP contribution in [0.5, 0.6) is 0 Å². The summed E-state index contributed by atoms with van der Waals surface area (Å²) in [6.07, 6.45) is 1.47. The summed E-state index contributed by atoms with van der Waals surface area (Å²) in [5, 5.41) is 2.84. The molecule has 0 atom stereocenters. The molecule has 1 aliphatic rings. The monoisotopic (exact) mass is 353 g/mol. The van der Waals surface area contributed by atoms with Crippen LogP contribution in [-0.4, -0.2) is 65.2 Å². The quantitative estimate of drug-likeness (QED) is 0.653. The Bertz CT molecular complexity index is 652. The molecule has 8 heteroatoms. The molecule has 1 amide bonds. The van der Waals surface area contributed by atoms with Gasteiger partial charge in [-0.15, -0.1) is 6.58 Å². The van der Waals surface area contributed by atoms with Gasteiger partial charge >= 0.3 is 0 Å². The van der Waals surface area contributed by atoms with E-state index in [1.165, 1.54) is 30.3 Å². The molecule has 1 heterocycles. The minimum Gasteiger partial charge on any atom is -0.379 e. The largest absolute Gasteiger partial charge is 0.379 e. The van der Waals surface area contributed by atoms with Gasteiger partial charge in [0.05, 0.1) is 18.1 Å². The van der Waals surface area contributed by atoms with E-state index in [0.717, 1.165) is 32.8 Å². The van der Waals surface area contributed by atoms with Crippen LogP contribution in [-0.2, 0) is 14.8 Å². The first-order chi connectivity index (χ1) is 11.5. The molecule has 1 aromatic rings. The number of benzene rings is 1. The lowest BCUT2D eigenvalue weighted by atomic mass is 10.2. The number of ether oxygens (including phenoxy) is 1. The molecule has 7 nitrogen and oxygen atoms in total. The molecule has 1 aliphatic heterocycles. The first kappa shape index (κ1) is 18.6. The zero-order chi connectivity index (χ0) is 17.4. The van der Waals surface area contributed by atoms with E-state index in [9.17, 15) is 13.2 Å². The van der Waals surface area contributed by atoms with Crippen molar-refractivity contribution in [3.05, 3.63) is 42.5 Å². The summed E-state index contributed by atoms with van der Waals surface area (Å²) in [5.74, 6) is -0.216. The second-order valence-corrected chi connectivity index (χ2v) is 7.14. The first-order valence-corrected chi connectivity index (χ1v) is 9.30. The van der Waals surface area contributed by atoms with Gasteiger partial charge in [0.1, 0.15) is 0 Å². The van der Waals surface area contributed by atoms with Crippen LogP contribution in [0.2, 0.25) is 0 Å². The summed E-state index contributed by atoms with van der Waals surface area (Å²) in [6.45, 7) is 8.14. The smallest absolute Gasteiger partial charge is 0.251 e. The van der Waals surface area contributed by atoms with Gasteiger partial charge in [0.2, 0.25) is 10.0 Å². The third-order valence-corrected chi connectivity index (χ3v) is 5.10. The van der Waals surface area contributed by atoms with Crippen molar-refractivity contribution in [1.29, 1.82) is 0 Å². The maximum Gasteiger partial charge on any atom is 0.251 e. The zero-order valence-corrected chi connectivity index (χ0v) is 14.3. The van der Waals surface area contributed by atoms with Gasteiger partial charge in [-0.1, -0.05) is 6.08 Å². The van der Waals surface area contributed by atoms with Crippen molar-refractivity contribution in [3.8, 4) is 0 Å². The van der Waals surface area contributed by atoms with E-state index in [2.05, 4.69) is 21.5 Å². The van der Waals surface area contributed by atoms with E-state index >= 15 is 0 Å². The van der Waals surface area contributed by atoms with E-state index in [1.807, 2.05) is 0 Å². The molecule has 2 N–H and O–H groups in total. The highest BCUT2D eigenvalue weighted by Crippen LogP contribution is 2.10. The predicted octanol–water partition coefficient (Wildman–Crippen LogP) is 0.213. The van der Waals surface area contributed by atoms with Gasteiger partial charge in [-0.2, -0.15) is 0 Å². The molecule has 1 fully saturated rings. The van der Waals surface area contributed by atoms with Crippen molar-refractivity contribution in [2.45, 2.75) is 4.90 Å². The van der Waals surface area contributed by atoms with Gasteiger partial charge in [-0.25, -0.2) is 13.1 Å². The highest BCUT2D eigenvalue weighted by atomic mass is 32.2. The number of hydrogen-bond acceptors (Lipinski definition) is 5. The van der Waals surface area contributed by atoms with Crippen LogP contribution in [0.3, 0.4) is 0 Å².